The fraction of sp³-hybridized carbons (Fsp3) is 0.650. The Kier molecular flexibility index (Phi) is 3.85. The highest BCUT2D eigenvalue weighted by Gasteiger charge is 2.56. The van der Waals surface area contributed by atoms with Crippen LogP contribution in [0.1, 0.15) is 76.2 Å². The molecule has 3 rings (SSSR count). The van der Waals surface area contributed by atoms with Gasteiger partial charge in [-0.05, 0) is 68.1 Å². The Morgan fingerprint density at radius 2 is 1.92 bits per heavy atom. The molecule has 4 nitrogen and oxygen atoms in total. The van der Waals surface area contributed by atoms with Gasteiger partial charge in [-0.15, -0.1) is 0 Å². The molecular weight excluding hydrogens is 304 g/mol. The predicted molar refractivity (Wildman–Crippen MR) is 91.7 cm³/mol. The molecule has 3 N–H and O–H groups in total. The van der Waals surface area contributed by atoms with E-state index >= 15 is 0 Å². The monoisotopic (exact) mass is 332 g/mol. The zero-order chi connectivity index (χ0) is 17.9. The van der Waals surface area contributed by atoms with Gasteiger partial charge in [-0.2, -0.15) is 0 Å². The van der Waals surface area contributed by atoms with Crippen molar-refractivity contribution in [1.82, 2.24) is 0 Å². The standard InChI is InChI=1S/C20H28O4/c1-18(2,24)12-6-7-14-13(10-12)15(21)11-16-19(14,3)8-5-9-20(16,4)17(22)23/h6-7,10,15-16,21,24H,5,8-9,11H2,1-4H3,(H,22,23)/t15-,16+,19+,20-/m1/s1. The number of carboxylic acids is 1. The maximum Gasteiger partial charge on any atom is 0.309 e. The van der Waals surface area contributed by atoms with Crippen LogP contribution in [-0.2, 0) is 15.8 Å². The van der Waals surface area contributed by atoms with Crippen LogP contribution < -0.4 is 0 Å². The summed E-state index contributed by atoms with van der Waals surface area (Å²) in [4.78, 5) is 12.0. The van der Waals surface area contributed by atoms with Crippen LogP contribution in [0.3, 0.4) is 0 Å². The first-order valence-corrected chi connectivity index (χ1v) is 8.79. The number of hydrogen-bond acceptors (Lipinski definition) is 3. The van der Waals surface area contributed by atoms with Gasteiger partial charge in [0.05, 0.1) is 17.1 Å². The Bertz CT molecular complexity index is 675. The van der Waals surface area contributed by atoms with Crippen molar-refractivity contribution in [2.24, 2.45) is 11.3 Å². The van der Waals surface area contributed by atoms with Gasteiger partial charge < -0.3 is 15.3 Å². The molecule has 24 heavy (non-hydrogen) atoms. The summed E-state index contributed by atoms with van der Waals surface area (Å²) < 4.78 is 0. The molecule has 0 unspecified atom stereocenters. The van der Waals surface area contributed by atoms with Crippen molar-refractivity contribution < 1.29 is 20.1 Å². The number of hydrogen-bond donors (Lipinski definition) is 3. The van der Waals surface area contributed by atoms with Crippen LogP contribution in [-0.4, -0.2) is 21.3 Å². The van der Waals surface area contributed by atoms with Crippen molar-refractivity contribution in [3.63, 3.8) is 0 Å². The second-order valence-electron chi connectivity index (χ2n) is 8.66. The van der Waals surface area contributed by atoms with E-state index in [9.17, 15) is 20.1 Å². The van der Waals surface area contributed by atoms with E-state index in [0.29, 0.717) is 12.8 Å². The summed E-state index contributed by atoms with van der Waals surface area (Å²) >= 11 is 0. The van der Waals surface area contributed by atoms with Crippen LogP contribution in [0.4, 0.5) is 0 Å². The zero-order valence-electron chi connectivity index (χ0n) is 15.0. The first-order valence-electron chi connectivity index (χ1n) is 8.79. The summed E-state index contributed by atoms with van der Waals surface area (Å²) in [6, 6.07) is 5.80. The minimum Gasteiger partial charge on any atom is -0.481 e. The van der Waals surface area contributed by atoms with E-state index in [4.69, 9.17) is 0 Å². The smallest absolute Gasteiger partial charge is 0.309 e. The third-order valence-electron chi connectivity index (χ3n) is 6.61. The molecule has 4 atom stereocenters. The molecule has 1 saturated carbocycles. The van der Waals surface area contributed by atoms with Crippen molar-refractivity contribution >= 4 is 5.97 Å². The fourth-order valence-corrected chi connectivity index (χ4v) is 5.06. The van der Waals surface area contributed by atoms with Crippen LogP contribution in [0.15, 0.2) is 18.2 Å². The van der Waals surface area contributed by atoms with Crippen molar-refractivity contribution in [3.05, 3.63) is 34.9 Å². The summed E-state index contributed by atoms with van der Waals surface area (Å²) in [5, 5.41) is 30.8. The van der Waals surface area contributed by atoms with E-state index in [1.165, 1.54) is 0 Å². The molecule has 0 spiro atoms. The minimum absolute atomic E-state index is 0.0910. The topological polar surface area (TPSA) is 77.8 Å². The molecular formula is C20H28O4. The lowest BCUT2D eigenvalue weighted by Gasteiger charge is -2.54. The van der Waals surface area contributed by atoms with Gasteiger partial charge in [-0.1, -0.05) is 31.5 Å². The molecule has 0 amide bonds. The number of aliphatic hydroxyl groups excluding tert-OH is 1. The molecule has 0 aliphatic heterocycles. The minimum atomic E-state index is -0.964. The number of aliphatic hydroxyl groups is 2. The van der Waals surface area contributed by atoms with E-state index < -0.39 is 23.1 Å². The Labute approximate surface area is 143 Å². The third-order valence-corrected chi connectivity index (χ3v) is 6.61. The molecule has 132 valence electrons. The van der Waals surface area contributed by atoms with Crippen molar-refractivity contribution in [3.8, 4) is 0 Å². The van der Waals surface area contributed by atoms with Gasteiger partial charge in [0, 0.05) is 0 Å². The van der Waals surface area contributed by atoms with E-state index in [2.05, 4.69) is 6.92 Å². The van der Waals surface area contributed by atoms with E-state index in [0.717, 1.165) is 29.5 Å². The molecule has 2 aliphatic rings. The Hall–Kier alpha value is -1.39. The van der Waals surface area contributed by atoms with Crippen LogP contribution in [0.5, 0.6) is 0 Å². The van der Waals surface area contributed by atoms with Gasteiger partial charge in [-0.25, -0.2) is 0 Å². The fourth-order valence-electron chi connectivity index (χ4n) is 5.06. The van der Waals surface area contributed by atoms with Crippen LogP contribution in [0.2, 0.25) is 0 Å². The third kappa shape index (κ3) is 2.39. The van der Waals surface area contributed by atoms with Gasteiger partial charge in [0.2, 0.25) is 0 Å². The van der Waals surface area contributed by atoms with Gasteiger partial charge in [0.1, 0.15) is 0 Å². The summed E-state index contributed by atoms with van der Waals surface area (Å²) in [5.74, 6) is -0.853. The normalized spacial score (nSPS) is 35.9. The van der Waals surface area contributed by atoms with E-state index in [1.54, 1.807) is 13.8 Å². The molecule has 1 aromatic rings. The lowest BCUT2D eigenvalue weighted by Crippen LogP contribution is -2.53. The number of carbonyl (C=O) groups is 1. The maximum atomic E-state index is 12.0. The quantitative estimate of drug-likeness (QED) is 0.774. The zero-order valence-corrected chi connectivity index (χ0v) is 15.0. The number of aliphatic carboxylic acids is 1. The summed E-state index contributed by atoms with van der Waals surface area (Å²) in [6.45, 7) is 7.44. The Morgan fingerprint density at radius 3 is 2.50 bits per heavy atom. The van der Waals surface area contributed by atoms with E-state index in [-0.39, 0.29) is 11.3 Å². The van der Waals surface area contributed by atoms with E-state index in [1.807, 2.05) is 25.1 Å². The van der Waals surface area contributed by atoms with Crippen LogP contribution in [0.25, 0.3) is 0 Å². The highest BCUT2D eigenvalue weighted by Crippen LogP contribution is 2.59. The molecule has 2 aliphatic carbocycles. The SMILES string of the molecule is CC(C)(O)c1ccc2c(c1)[C@H](O)C[C@@H]1[C@](C)(C(=O)O)CCC[C@@]21C. The molecule has 4 heteroatoms. The highest BCUT2D eigenvalue weighted by atomic mass is 16.4. The first kappa shape index (κ1) is 17.4. The van der Waals surface area contributed by atoms with Crippen LogP contribution in [0, 0.1) is 11.3 Å². The van der Waals surface area contributed by atoms with Crippen LogP contribution >= 0.6 is 0 Å². The average molecular weight is 332 g/mol. The average Bonchev–Trinajstić information content (AvgIpc) is 2.48. The lowest BCUT2D eigenvalue weighted by molar-refractivity contribution is -0.159. The Balaban J connectivity index is 2.15. The highest BCUT2D eigenvalue weighted by molar-refractivity contribution is 5.75. The Morgan fingerprint density at radius 1 is 1.25 bits per heavy atom. The molecule has 0 bridgehead atoms. The molecule has 1 fully saturated rings. The number of rotatable bonds is 2. The summed E-state index contributed by atoms with van der Waals surface area (Å²) in [5.41, 5.74) is 0.654. The molecule has 0 radical (unpaired) electrons. The molecule has 0 saturated heterocycles. The maximum absolute atomic E-state index is 12.0. The van der Waals surface area contributed by atoms with Crippen molar-refractivity contribution in [2.75, 3.05) is 0 Å². The van der Waals surface area contributed by atoms with Gasteiger partial charge in [-0.3, -0.25) is 4.79 Å². The lowest BCUT2D eigenvalue weighted by atomic mass is 9.49. The van der Waals surface area contributed by atoms with Crippen molar-refractivity contribution in [2.45, 2.75) is 70.5 Å². The number of carboxylic acid groups (broad SMARTS) is 1. The second kappa shape index (κ2) is 5.30. The predicted octanol–water partition coefficient (Wildman–Crippen LogP) is 3.50. The largest absolute Gasteiger partial charge is 0.481 e. The number of fused-ring (bicyclic) bond motifs is 3. The van der Waals surface area contributed by atoms with Gasteiger partial charge in [0.25, 0.3) is 0 Å². The van der Waals surface area contributed by atoms with Gasteiger partial charge >= 0.3 is 5.97 Å². The molecule has 0 aromatic heterocycles. The molecule has 0 heterocycles. The first-order chi connectivity index (χ1) is 11.0. The van der Waals surface area contributed by atoms with Gasteiger partial charge in [0.15, 0.2) is 0 Å². The number of benzene rings is 1. The summed E-state index contributed by atoms with van der Waals surface area (Å²) in [6.07, 6.45) is 2.24. The molecule has 1 aromatic carbocycles. The van der Waals surface area contributed by atoms with Crippen molar-refractivity contribution in [1.29, 1.82) is 0 Å². The second-order valence-corrected chi connectivity index (χ2v) is 8.66. The summed E-state index contributed by atoms with van der Waals surface area (Å²) in [7, 11) is 0.